The first-order chi connectivity index (χ1) is 6.20. The van der Waals surface area contributed by atoms with Gasteiger partial charge in [-0.3, -0.25) is 4.79 Å². The highest BCUT2D eigenvalue weighted by Crippen LogP contribution is 2.18. The van der Waals surface area contributed by atoms with Crippen molar-refractivity contribution in [1.82, 2.24) is 9.97 Å². The van der Waals surface area contributed by atoms with E-state index in [-0.39, 0.29) is 5.78 Å². The quantitative estimate of drug-likeness (QED) is 0.673. The smallest absolute Gasteiger partial charge is 0.161 e. The van der Waals surface area contributed by atoms with Gasteiger partial charge in [0.05, 0.1) is 0 Å². The predicted octanol–water partition coefficient (Wildman–Crippen LogP) is 2.07. The fourth-order valence-electron chi connectivity index (χ4n) is 1.50. The summed E-state index contributed by atoms with van der Waals surface area (Å²) in [6, 6.07) is 1.93. The van der Waals surface area contributed by atoms with Crippen LogP contribution in [0, 0.1) is 6.92 Å². The lowest BCUT2D eigenvalue weighted by molar-refractivity contribution is 0.101. The number of aromatic amines is 1. The first-order valence-corrected chi connectivity index (χ1v) is 4.14. The molecule has 2 aromatic rings. The van der Waals surface area contributed by atoms with Crippen LogP contribution in [0.5, 0.6) is 0 Å². The number of rotatable bonds is 1. The van der Waals surface area contributed by atoms with Crippen molar-refractivity contribution in [3.63, 3.8) is 0 Å². The molecule has 0 saturated carbocycles. The Balaban J connectivity index is 2.80. The van der Waals surface area contributed by atoms with Crippen molar-refractivity contribution in [3.8, 4) is 0 Å². The molecule has 0 aromatic carbocycles. The van der Waals surface area contributed by atoms with Gasteiger partial charge < -0.3 is 4.98 Å². The number of hydrogen-bond donors (Lipinski definition) is 1. The summed E-state index contributed by atoms with van der Waals surface area (Å²) in [6.07, 6.45) is 3.45. The molecule has 0 aliphatic carbocycles. The molecule has 13 heavy (non-hydrogen) atoms. The molecule has 2 rings (SSSR count). The maximum atomic E-state index is 11.2. The topological polar surface area (TPSA) is 45.8 Å². The number of Topliss-reactive ketones (excluding diaryl/α,β-unsaturated/α-hetero) is 1. The standard InChI is InChI=1S/C10H10N2O/c1-6-8-3-4-11-10(8)12-5-9(6)7(2)13/h3-5H,1-2H3,(H,11,12). The molecule has 66 valence electrons. The minimum atomic E-state index is 0.0631. The summed E-state index contributed by atoms with van der Waals surface area (Å²) in [4.78, 5) is 18.3. The molecule has 0 bridgehead atoms. The Labute approximate surface area is 75.8 Å². The highest BCUT2D eigenvalue weighted by molar-refractivity contribution is 5.99. The summed E-state index contributed by atoms with van der Waals surface area (Å²) in [7, 11) is 0. The van der Waals surface area contributed by atoms with Crippen LogP contribution in [0.4, 0.5) is 0 Å². The fourth-order valence-corrected chi connectivity index (χ4v) is 1.50. The van der Waals surface area contributed by atoms with E-state index in [2.05, 4.69) is 9.97 Å². The molecule has 0 spiro atoms. The molecule has 3 heteroatoms. The number of aryl methyl sites for hydroxylation is 1. The van der Waals surface area contributed by atoms with Crippen molar-refractivity contribution in [2.75, 3.05) is 0 Å². The highest BCUT2D eigenvalue weighted by Gasteiger charge is 2.08. The molecular weight excluding hydrogens is 164 g/mol. The second-order valence-electron chi connectivity index (χ2n) is 3.09. The van der Waals surface area contributed by atoms with E-state index >= 15 is 0 Å². The van der Waals surface area contributed by atoms with Gasteiger partial charge in [0.1, 0.15) is 5.65 Å². The SMILES string of the molecule is CC(=O)c1cnc2[nH]ccc2c1C. The summed E-state index contributed by atoms with van der Waals surface area (Å²) in [5, 5.41) is 1.02. The van der Waals surface area contributed by atoms with E-state index in [1.165, 1.54) is 0 Å². The third kappa shape index (κ3) is 1.13. The van der Waals surface area contributed by atoms with Gasteiger partial charge in [0.2, 0.25) is 0 Å². The van der Waals surface area contributed by atoms with Gasteiger partial charge in [-0.2, -0.15) is 0 Å². The van der Waals surface area contributed by atoms with Crippen LogP contribution in [0.1, 0.15) is 22.8 Å². The number of H-pyrrole nitrogens is 1. The van der Waals surface area contributed by atoms with Crippen LogP contribution in [0.15, 0.2) is 18.5 Å². The summed E-state index contributed by atoms with van der Waals surface area (Å²) in [5.41, 5.74) is 2.54. The third-order valence-electron chi connectivity index (χ3n) is 2.24. The molecule has 2 aromatic heterocycles. The zero-order valence-corrected chi connectivity index (χ0v) is 7.59. The van der Waals surface area contributed by atoms with Gasteiger partial charge in [-0.25, -0.2) is 4.98 Å². The van der Waals surface area contributed by atoms with Gasteiger partial charge >= 0.3 is 0 Å². The monoisotopic (exact) mass is 174 g/mol. The van der Waals surface area contributed by atoms with Crippen LogP contribution in [0.3, 0.4) is 0 Å². The minimum absolute atomic E-state index is 0.0631. The van der Waals surface area contributed by atoms with Gasteiger partial charge in [0, 0.05) is 23.3 Å². The molecule has 0 radical (unpaired) electrons. The number of carbonyl (C=O) groups excluding carboxylic acids is 1. The molecule has 0 aliphatic rings. The van der Waals surface area contributed by atoms with Crippen molar-refractivity contribution in [1.29, 1.82) is 0 Å². The van der Waals surface area contributed by atoms with Crippen LogP contribution in [0.25, 0.3) is 11.0 Å². The Bertz CT molecular complexity index is 471. The summed E-state index contributed by atoms with van der Waals surface area (Å²) < 4.78 is 0. The van der Waals surface area contributed by atoms with E-state index < -0.39 is 0 Å². The number of pyridine rings is 1. The zero-order valence-electron chi connectivity index (χ0n) is 7.59. The maximum absolute atomic E-state index is 11.2. The molecule has 1 N–H and O–H groups in total. The van der Waals surface area contributed by atoms with Crippen LogP contribution >= 0.6 is 0 Å². The number of nitrogens with one attached hydrogen (secondary N) is 1. The van der Waals surface area contributed by atoms with Crippen molar-refractivity contribution in [2.45, 2.75) is 13.8 Å². The number of ketones is 1. The van der Waals surface area contributed by atoms with Crippen LogP contribution in [-0.2, 0) is 0 Å². The average molecular weight is 174 g/mol. The fraction of sp³-hybridized carbons (Fsp3) is 0.200. The van der Waals surface area contributed by atoms with Crippen molar-refractivity contribution < 1.29 is 4.79 Å². The Morgan fingerprint density at radius 1 is 1.54 bits per heavy atom. The highest BCUT2D eigenvalue weighted by atomic mass is 16.1. The van der Waals surface area contributed by atoms with Gasteiger partial charge in [0.25, 0.3) is 0 Å². The van der Waals surface area contributed by atoms with E-state index in [1.807, 2.05) is 19.2 Å². The van der Waals surface area contributed by atoms with E-state index in [0.717, 1.165) is 16.6 Å². The van der Waals surface area contributed by atoms with E-state index in [0.29, 0.717) is 5.56 Å². The van der Waals surface area contributed by atoms with E-state index in [4.69, 9.17) is 0 Å². The number of hydrogen-bond acceptors (Lipinski definition) is 2. The Kier molecular flexibility index (Phi) is 1.65. The molecule has 3 nitrogen and oxygen atoms in total. The van der Waals surface area contributed by atoms with Gasteiger partial charge in [-0.15, -0.1) is 0 Å². The lowest BCUT2D eigenvalue weighted by atomic mass is 10.1. The molecule has 0 aliphatic heterocycles. The van der Waals surface area contributed by atoms with Crippen LogP contribution < -0.4 is 0 Å². The normalized spacial score (nSPS) is 10.6. The summed E-state index contributed by atoms with van der Waals surface area (Å²) >= 11 is 0. The molecule has 0 saturated heterocycles. The van der Waals surface area contributed by atoms with Crippen molar-refractivity contribution in [3.05, 3.63) is 29.6 Å². The Morgan fingerprint density at radius 2 is 2.31 bits per heavy atom. The lowest BCUT2D eigenvalue weighted by Gasteiger charge is -2.01. The molecule has 0 amide bonds. The number of carbonyl (C=O) groups is 1. The second kappa shape index (κ2) is 2.69. The number of fused-ring (bicyclic) bond motifs is 1. The summed E-state index contributed by atoms with van der Waals surface area (Å²) in [6.45, 7) is 3.50. The molecule has 2 heterocycles. The largest absolute Gasteiger partial charge is 0.346 e. The molecular formula is C10H10N2O. The van der Waals surface area contributed by atoms with E-state index in [9.17, 15) is 4.79 Å². The van der Waals surface area contributed by atoms with Crippen molar-refractivity contribution in [2.24, 2.45) is 0 Å². The summed E-state index contributed by atoms with van der Waals surface area (Å²) in [5.74, 6) is 0.0631. The minimum Gasteiger partial charge on any atom is -0.346 e. The lowest BCUT2D eigenvalue weighted by Crippen LogP contribution is -1.97. The zero-order chi connectivity index (χ0) is 9.42. The third-order valence-corrected chi connectivity index (χ3v) is 2.24. The number of aromatic nitrogens is 2. The number of nitrogens with zero attached hydrogens (tertiary/aromatic N) is 1. The molecule has 0 fully saturated rings. The predicted molar refractivity (Wildman–Crippen MR) is 50.8 cm³/mol. The second-order valence-corrected chi connectivity index (χ2v) is 3.09. The van der Waals surface area contributed by atoms with Crippen LogP contribution in [-0.4, -0.2) is 15.8 Å². The molecule has 0 unspecified atom stereocenters. The molecule has 0 atom stereocenters. The average Bonchev–Trinajstić information content (AvgIpc) is 2.52. The first-order valence-electron chi connectivity index (χ1n) is 4.14. The van der Waals surface area contributed by atoms with E-state index in [1.54, 1.807) is 13.1 Å². The van der Waals surface area contributed by atoms with Crippen LogP contribution in [0.2, 0.25) is 0 Å². The van der Waals surface area contributed by atoms with Gasteiger partial charge in [-0.1, -0.05) is 0 Å². The van der Waals surface area contributed by atoms with Gasteiger partial charge in [0.15, 0.2) is 5.78 Å². The first kappa shape index (κ1) is 7.98. The van der Waals surface area contributed by atoms with Crippen molar-refractivity contribution >= 4 is 16.8 Å². The maximum Gasteiger partial charge on any atom is 0.161 e. The Hall–Kier alpha value is -1.64. The Morgan fingerprint density at radius 3 is 3.00 bits per heavy atom. The van der Waals surface area contributed by atoms with Gasteiger partial charge in [-0.05, 0) is 25.5 Å².